The van der Waals surface area contributed by atoms with Crippen LogP contribution < -0.4 is 10.6 Å². The van der Waals surface area contributed by atoms with Crippen LogP contribution in [0.25, 0.3) is 0 Å². The lowest BCUT2D eigenvalue weighted by molar-refractivity contribution is -0.384. The highest BCUT2D eigenvalue weighted by molar-refractivity contribution is 5.96. The van der Waals surface area contributed by atoms with Crippen molar-refractivity contribution in [2.24, 2.45) is 0 Å². The van der Waals surface area contributed by atoms with Crippen molar-refractivity contribution in [2.75, 3.05) is 5.32 Å². The normalized spacial score (nSPS) is 12.0. The fourth-order valence-electron chi connectivity index (χ4n) is 1.88. The Morgan fingerprint density at radius 1 is 1.23 bits per heavy atom. The number of carbonyl (C=O) groups is 3. The number of benzene rings is 1. The number of non-ortho nitro benzene ring substituents is 1. The van der Waals surface area contributed by atoms with E-state index in [-0.39, 0.29) is 24.2 Å². The molecule has 0 aliphatic rings. The Morgan fingerprint density at radius 3 is 2.27 bits per heavy atom. The number of anilines is 1. The smallest absolute Gasteiger partial charge is 0.408 e. The van der Waals surface area contributed by atoms with Gasteiger partial charge in [0, 0.05) is 24.2 Å². The number of nitro groups is 1. The van der Waals surface area contributed by atoms with Crippen molar-refractivity contribution in [3.63, 3.8) is 0 Å². The molecule has 10 heteroatoms. The van der Waals surface area contributed by atoms with Crippen LogP contribution in [-0.4, -0.2) is 39.6 Å². The molecule has 0 fully saturated rings. The summed E-state index contributed by atoms with van der Waals surface area (Å²) in [5.41, 5.74) is -0.653. The number of amides is 2. The topological polar surface area (TPSA) is 148 Å². The SMILES string of the molecule is CC(C)(C)OC(=O)N[C@@H](CCC(=O)O)C(=O)Nc1ccc([N+](=O)[O-])cc1. The minimum Gasteiger partial charge on any atom is -0.481 e. The van der Waals surface area contributed by atoms with Crippen LogP contribution in [0.5, 0.6) is 0 Å². The zero-order chi connectivity index (χ0) is 19.9. The van der Waals surface area contributed by atoms with Gasteiger partial charge >= 0.3 is 12.1 Å². The number of carboxylic acid groups (broad SMARTS) is 1. The van der Waals surface area contributed by atoms with E-state index in [1.54, 1.807) is 20.8 Å². The Balaban J connectivity index is 2.80. The molecule has 0 saturated carbocycles. The van der Waals surface area contributed by atoms with E-state index in [0.29, 0.717) is 0 Å². The highest BCUT2D eigenvalue weighted by Gasteiger charge is 2.25. The molecule has 10 nitrogen and oxygen atoms in total. The van der Waals surface area contributed by atoms with Gasteiger partial charge in [-0.3, -0.25) is 19.7 Å². The zero-order valence-corrected chi connectivity index (χ0v) is 14.6. The highest BCUT2D eigenvalue weighted by Crippen LogP contribution is 2.16. The predicted octanol–water partition coefficient (Wildman–Crippen LogP) is 2.29. The fourth-order valence-corrected chi connectivity index (χ4v) is 1.88. The number of hydrogen-bond donors (Lipinski definition) is 3. The maximum absolute atomic E-state index is 12.3. The molecular weight excluding hydrogens is 346 g/mol. The number of rotatable bonds is 7. The van der Waals surface area contributed by atoms with E-state index in [1.807, 2.05) is 0 Å². The first-order valence-corrected chi connectivity index (χ1v) is 7.74. The van der Waals surface area contributed by atoms with Crippen LogP contribution in [0.2, 0.25) is 0 Å². The van der Waals surface area contributed by atoms with Crippen LogP contribution in [0.3, 0.4) is 0 Å². The number of aliphatic carboxylic acids is 1. The summed E-state index contributed by atoms with van der Waals surface area (Å²) in [6.45, 7) is 4.95. The summed E-state index contributed by atoms with van der Waals surface area (Å²) in [6, 6.07) is 3.94. The van der Waals surface area contributed by atoms with E-state index in [4.69, 9.17) is 9.84 Å². The molecule has 0 spiro atoms. The van der Waals surface area contributed by atoms with Gasteiger partial charge in [0.15, 0.2) is 0 Å². The van der Waals surface area contributed by atoms with E-state index in [0.717, 1.165) is 0 Å². The molecular formula is C16H21N3O7. The molecule has 0 radical (unpaired) electrons. The molecule has 0 aromatic heterocycles. The molecule has 1 rings (SSSR count). The zero-order valence-electron chi connectivity index (χ0n) is 14.6. The Morgan fingerprint density at radius 2 is 1.81 bits per heavy atom. The number of nitro benzene ring substituents is 1. The standard InChI is InChI=1S/C16H21N3O7/c1-16(2,3)26-15(23)18-12(8-9-13(20)21)14(22)17-10-4-6-11(7-5-10)19(24)25/h4-7,12H,8-9H2,1-3H3,(H,17,22)(H,18,23)(H,20,21)/t12-/m0/s1. The van der Waals surface area contributed by atoms with Gasteiger partial charge in [-0.1, -0.05) is 0 Å². The van der Waals surface area contributed by atoms with Crippen LogP contribution in [0.1, 0.15) is 33.6 Å². The second-order valence-electron chi connectivity index (χ2n) is 6.42. The van der Waals surface area contributed by atoms with Gasteiger partial charge in [-0.05, 0) is 39.3 Å². The van der Waals surface area contributed by atoms with Gasteiger partial charge in [-0.15, -0.1) is 0 Å². The molecule has 1 atom stereocenters. The molecule has 0 heterocycles. The molecule has 3 N–H and O–H groups in total. The second-order valence-corrected chi connectivity index (χ2v) is 6.42. The largest absolute Gasteiger partial charge is 0.481 e. The Hall–Kier alpha value is -3.17. The fraction of sp³-hybridized carbons (Fsp3) is 0.438. The minimum absolute atomic E-state index is 0.141. The first kappa shape index (κ1) is 20.9. The van der Waals surface area contributed by atoms with Crippen molar-refractivity contribution < 1.29 is 29.2 Å². The molecule has 1 aromatic carbocycles. The molecule has 0 saturated heterocycles. The third kappa shape index (κ3) is 7.60. The van der Waals surface area contributed by atoms with E-state index >= 15 is 0 Å². The van der Waals surface area contributed by atoms with Crippen LogP contribution in [0.4, 0.5) is 16.2 Å². The number of carbonyl (C=O) groups excluding carboxylic acids is 2. The van der Waals surface area contributed by atoms with Gasteiger partial charge < -0.3 is 20.5 Å². The second kappa shape index (κ2) is 8.79. The van der Waals surface area contributed by atoms with Crippen molar-refractivity contribution in [3.05, 3.63) is 34.4 Å². The maximum atomic E-state index is 12.3. The number of alkyl carbamates (subject to hydrolysis) is 1. The van der Waals surface area contributed by atoms with Gasteiger partial charge in [0.2, 0.25) is 5.91 Å². The summed E-state index contributed by atoms with van der Waals surface area (Å²) in [6.07, 6.45) is -1.34. The van der Waals surface area contributed by atoms with Crippen molar-refractivity contribution in [1.29, 1.82) is 0 Å². The van der Waals surface area contributed by atoms with Crippen LogP contribution in [0, 0.1) is 10.1 Å². The average molecular weight is 367 g/mol. The predicted molar refractivity (Wildman–Crippen MR) is 91.8 cm³/mol. The monoisotopic (exact) mass is 367 g/mol. The van der Waals surface area contributed by atoms with Crippen molar-refractivity contribution in [3.8, 4) is 0 Å². The van der Waals surface area contributed by atoms with Gasteiger partial charge in [-0.25, -0.2) is 4.79 Å². The molecule has 0 unspecified atom stereocenters. The number of hydrogen-bond acceptors (Lipinski definition) is 6. The quantitative estimate of drug-likeness (QED) is 0.494. The van der Waals surface area contributed by atoms with Crippen LogP contribution in [-0.2, 0) is 14.3 Å². The number of nitrogens with zero attached hydrogens (tertiary/aromatic N) is 1. The molecule has 2 amide bonds. The summed E-state index contributed by atoms with van der Waals surface area (Å²) in [5, 5.41) is 24.2. The maximum Gasteiger partial charge on any atom is 0.408 e. The summed E-state index contributed by atoms with van der Waals surface area (Å²) >= 11 is 0. The van der Waals surface area contributed by atoms with Crippen molar-refractivity contribution in [2.45, 2.75) is 45.3 Å². The number of carboxylic acids is 1. The summed E-state index contributed by atoms with van der Waals surface area (Å²) < 4.78 is 5.07. The van der Waals surface area contributed by atoms with Gasteiger partial charge in [0.25, 0.3) is 5.69 Å². The first-order valence-electron chi connectivity index (χ1n) is 7.74. The van der Waals surface area contributed by atoms with Crippen LogP contribution >= 0.6 is 0 Å². The van der Waals surface area contributed by atoms with E-state index < -0.39 is 34.5 Å². The lowest BCUT2D eigenvalue weighted by Gasteiger charge is -2.23. The Bertz CT molecular complexity index is 680. The third-order valence-corrected chi connectivity index (χ3v) is 3.00. The highest BCUT2D eigenvalue weighted by atomic mass is 16.6. The van der Waals surface area contributed by atoms with E-state index in [9.17, 15) is 24.5 Å². The summed E-state index contributed by atoms with van der Waals surface area (Å²) in [5.74, 6) is -1.78. The lowest BCUT2D eigenvalue weighted by atomic mass is 10.1. The molecule has 0 aliphatic carbocycles. The Kier molecular flexibility index (Phi) is 7.06. The summed E-state index contributed by atoms with van der Waals surface area (Å²) in [7, 11) is 0. The van der Waals surface area contributed by atoms with Crippen molar-refractivity contribution in [1.82, 2.24) is 5.32 Å². The van der Waals surface area contributed by atoms with Gasteiger partial charge in [0.1, 0.15) is 11.6 Å². The van der Waals surface area contributed by atoms with E-state index in [1.165, 1.54) is 24.3 Å². The molecule has 26 heavy (non-hydrogen) atoms. The minimum atomic E-state index is -1.14. The lowest BCUT2D eigenvalue weighted by Crippen LogP contribution is -2.46. The van der Waals surface area contributed by atoms with E-state index in [2.05, 4.69) is 10.6 Å². The molecule has 142 valence electrons. The number of nitrogens with one attached hydrogen (secondary N) is 2. The molecule has 0 bridgehead atoms. The molecule has 1 aromatic rings. The summed E-state index contributed by atoms with van der Waals surface area (Å²) in [4.78, 5) is 45.0. The third-order valence-electron chi connectivity index (χ3n) is 3.00. The van der Waals surface area contributed by atoms with Crippen molar-refractivity contribution >= 4 is 29.3 Å². The van der Waals surface area contributed by atoms with Gasteiger partial charge in [-0.2, -0.15) is 0 Å². The van der Waals surface area contributed by atoms with Gasteiger partial charge in [0.05, 0.1) is 4.92 Å². The average Bonchev–Trinajstić information content (AvgIpc) is 2.49. The first-order chi connectivity index (χ1) is 12.0. The Labute approximate surface area is 149 Å². The van der Waals surface area contributed by atoms with Crippen LogP contribution in [0.15, 0.2) is 24.3 Å². The number of ether oxygens (including phenoxy) is 1. The molecule has 0 aliphatic heterocycles.